The number of carbonyl (C=O) groups excluding carboxylic acids is 2. The molecule has 1 aromatic rings. The van der Waals surface area contributed by atoms with Crippen molar-refractivity contribution in [3.05, 3.63) is 18.0 Å². The molecule has 2 fully saturated rings. The number of nitrogens with zero attached hydrogens (tertiary/aromatic N) is 4. The molecule has 1 aromatic heterocycles. The number of amides is 3. The lowest BCUT2D eigenvalue weighted by Crippen LogP contribution is -2.53. The van der Waals surface area contributed by atoms with Gasteiger partial charge in [0.1, 0.15) is 5.69 Å². The Morgan fingerprint density at radius 2 is 2.04 bits per heavy atom. The summed E-state index contributed by atoms with van der Waals surface area (Å²) in [6, 6.07) is 2.07. The van der Waals surface area contributed by atoms with Crippen LogP contribution in [0.2, 0.25) is 0 Å². The van der Waals surface area contributed by atoms with Crippen molar-refractivity contribution in [3.63, 3.8) is 0 Å². The Kier molecular flexibility index (Phi) is 5.34. The summed E-state index contributed by atoms with van der Waals surface area (Å²) in [5, 5.41) is 10.6. The van der Waals surface area contributed by atoms with Crippen molar-refractivity contribution in [2.24, 2.45) is 0 Å². The Morgan fingerprint density at radius 1 is 1.29 bits per heavy atom. The molecule has 0 bridgehead atoms. The van der Waals surface area contributed by atoms with Crippen LogP contribution in [0.5, 0.6) is 0 Å². The number of nitrogens with one attached hydrogen (secondary N) is 2. The first-order valence-corrected chi connectivity index (χ1v) is 8.77. The van der Waals surface area contributed by atoms with Gasteiger partial charge in [-0.15, -0.1) is 0 Å². The molecule has 24 heavy (non-hydrogen) atoms. The van der Waals surface area contributed by atoms with E-state index in [4.69, 9.17) is 0 Å². The second-order valence-electron chi connectivity index (χ2n) is 6.30. The summed E-state index contributed by atoms with van der Waals surface area (Å²) in [6.07, 6.45) is 4.12. The van der Waals surface area contributed by atoms with Crippen LogP contribution in [0, 0.1) is 0 Å². The number of rotatable bonds is 3. The van der Waals surface area contributed by atoms with Gasteiger partial charge in [-0.3, -0.25) is 9.48 Å². The van der Waals surface area contributed by atoms with E-state index in [1.165, 1.54) is 0 Å². The van der Waals surface area contributed by atoms with E-state index in [1.807, 2.05) is 17.8 Å². The molecule has 2 aliphatic rings. The lowest BCUT2D eigenvalue weighted by Gasteiger charge is -2.34. The second-order valence-corrected chi connectivity index (χ2v) is 6.30. The smallest absolute Gasteiger partial charge is 0.317 e. The van der Waals surface area contributed by atoms with Crippen molar-refractivity contribution in [1.29, 1.82) is 0 Å². The third kappa shape index (κ3) is 3.69. The maximum absolute atomic E-state index is 12.6. The standard InChI is InChI=1S/C16H26N6O2/c1-2-18-16(24)21-10-8-20(9-11-21)15(23)14-5-7-22(19-14)13-4-3-6-17-12-13/h5,7,13,17H,2-4,6,8-12H2,1H3,(H,18,24). The van der Waals surface area contributed by atoms with Crippen molar-refractivity contribution < 1.29 is 9.59 Å². The van der Waals surface area contributed by atoms with Crippen molar-refractivity contribution >= 4 is 11.9 Å². The van der Waals surface area contributed by atoms with Crippen molar-refractivity contribution in [2.75, 3.05) is 45.8 Å². The minimum Gasteiger partial charge on any atom is -0.338 e. The number of hydrogen-bond acceptors (Lipinski definition) is 4. The Morgan fingerprint density at radius 3 is 2.71 bits per heavy atom. The molecule has 8 nitrogen and oxygen atoms in total. The highest BCUT2D eigenvalue weighted by atomic mass is 16.2. The van der Waals surface area contributed by atoms with Gasteiger partial charge in [-0.25, -0.2) is 4.79 Å². The number of urea groups is 1. The van der Waals surface area contributed by atoms with Gasteiger partial charge in [0.25, 0.3) is 5.91 Å². The van der Waals surface area contributed by atoms with E-state index in [2.05, 4.69) is 15.7 Å². The Balaban J connectivity index is 1.55. The maximum atomic E-state index is 12.6. The predicted molar refractivity (Wildman–Crippen MR) is 89.9 cm³/mol. The van der Waals surface area contributed by atoms with Gasteiger partial charge in [0.15, 0.2) is 0 Å². The topological polar surface area (TPSA) is 82.5 Å². The fourth-order valence-electron chi connectivity index (χ4n) is 3.25. The normalized spacial score (nSPS) is 21.6. The number of carbonyl (C=O) groups is 2. The van der Waals surface area contributed by atoms with E-state index < -0.39 is 0 Å². The van der Waals surface area contributed by atoms with E-state index in [-0.39, 0.29) is 11.9 Å². The molecular formula is C16H26N6O2. The SMILES string of the molecule is CCNC(=O)N1CCN(C(=O)c2ccn(C3CCCNC3)n2)CC1. The first-order valence-electron chi connectivity index (χ1n) is 8.77. The molecule has 0 saturated carbocycles. The highest BCUT2D eigenvalue weighted by Gasteiger charge is 2.26. The molecule has 2 aliphatic heterocycles. The minimum absolute atomic E-state index is 0.0481. The van der Waals surface area contributed by atoms with E-state index in [9.17, 15) is 9.59 Å². The Hall–Kier alpha value is -2.09. The van der Waals surface area contributed by atoms with Gasteiger partial charge in [0, 0.05) is 45.5 Å². The fraction of sp³-hybridized carbons (Fsp3) is 0.688. The van der Waals surface area contributed by atoms with Crippen LogP contribution in [0.15, 0.2) is 12.3 Å². The summed E-state index contributed by atoms with van der Waals surface area (Å²) < 4.78 is 1.91. The van der Waals surface area contributed by atoms with Crippen LogP contribution in [-0.4, -0.2) is 77.3 Å². The van der Waals surface area contributed by atoms with E-state index in [1.54, 1.807) is 15.9 Å². The Labute approximate surface area is 142 Å². The summed E-state index contributed by atoms with van der Waals surface area (Å²) in [5.41, 5.74) is 0.493. The van der Waals surface area contributed by atoms with Crippen molar-refractivity contribution in [1.82, 2.24) is 30.2 Å². The molecule has 0 aliphatic carbocycles. The molecule has 0 spiro atoms. The predicted octanol–water partition coefficient (Wildman–Crippen LogP) is 0.295. The molecule has 8 heteroatoms. The van der Waals surface area contributed by atoms with Crippen molar-refractivity contribution in [2.45, 2.75) is 25.8 Å². The monoisotopic (exact) mass is 334 g/mol. The Bertz CT molecular complexity index is 573. The summed E-state index contributed by atoms with van der Waals surface area (Å²) in [5.74, 6) is -0.0481. The van der Waals surface area contributed by atoms with Gasteiger partial charge in [-0.1, -0.05) is 0 Å². The number of aromatic nitrogens is 2. The first kappa shape index (κ1) is 16.8. The third-order valence-corrected chi connectivity index (χ3v) is 4.65. The van der Waals surface area contributed by atoms with Crippen LogP contribution in [-0.2, 0) is 0 Å². The van der Waals surface area contributed by atoms with Crippen LogP contribution in [0.1, 0.15) is 36.3 Å². The number of piperazine rings is 1. The average Bonchev–Trinajstić information content (AvgIpc) is 3.12. The van der Waals surface area contributed by atoms with Crippen LogP contribution in [0.4, 0.5) is 4.79 Å². The molecule has 3 amide bonds. The fourth-order valence-corrected chi connectivity index (χ4v) is 3.25. The van der Waals surface area contributed by atoms with Gasteiger partial charge in [0.2, 0.25) is 0 Å². The minimum atomic E-state index is -0.0568. The van der Waals surface area contributed by atoms with Gasteiger partial charge in [-0.2, -0.15) is 5.10 Å². The first-order chi connectivity index (χ1) is 11.7. The molecule has 1 unspecified atom stereocenters. The van der Waals surface area contributed by atoms with E-state index in [0.29, 0.717) is 44.5 Å². The van der Waals surface area contributed by atoms with Crippen LogP contribution >= 0.6 is 0 Å². The molecule has 3 heterocycles. The third-order valence-electron chi connectivity index (χ3n) is 4.65. The molecule has 2 N–H and O–H groups in total. The highest BCUT2D eigenvalue weighted by Crippen LogP contribution is 2.16. The molecule has 132 valence electrons. The molecule has 3 rings (SSSR count). The lowest BCUT2D eigenvalue weighted by molar-refractivity contribution is 0.0658. The largest absolute Gasteiger partial charge is 0.338 e. The number of hydrogen-bond donors (Lipinski definition) is 2. The quantitative estimate of drug-likeness (QED) is 0.833. The molecule has 2 saturated heterocycles. The molecule has 1 atom stereocenters. The van der Waals surface area contributed by atoms with E-state index >= 15 is 0 Å². The zero-order chi connectivity index (χ0) is 16.9. The van der Waals surface area contributed by atoms with Gasteiger partial charge in [0.05, 0.1) is 6.04 Å². The zero-order valence-electron chi connectivity index (χ0n) is 14.2. The summed E-state index contributed by atoms with van der Waals surface area (Å²) >= 11 is 0. The summed E-state index contributed by atoms with van der Waals surface area (Å²) in [6.45, 7) is 6.69. The zero-order valence-corrected chi connectivity index (χ0v) is 14.2. The van der Waals surface area contributed by atoms with Crippen LogP contribution in [0.3, 0.4) is 0 Å². The maximum Gasteiger partial charge on any atom is 0.317 e. The summed E-state index contributed by atoms with van der Waals surface area (Å²) in [7, 11) is 0. The van der Waals surface area contributed by atoms with Crippen LogP contribution < -0.4 is 10.6 Å². The highest BCUT2D eigenvalue weighted by molar-refractivity contribution is 5.92. The molecule has 0 radical (unpaired) electrons. The number of piperidine rings is 1. The second kappa shape index (κ2) is 7.65. The summed E-state index contributed by atoms with van der Waals surface area (Å²) in [4.78, 5) is 28.0. The molecular weight excluding hydrogens is 308 g/mol. The van der Waals surface area contributed by atoms with Gasteiger partial charge < -0.3 is 20.4 Å². The van der Waals surface area contributed by atoms with Crippen LogP contribution in [0.25, 0.3) is 0 Å². The average molecular weight is 334 g/mol. The van der Waals surface area contributed by atoms with Gasteiger partial charge >= 0.3 is 6.03 Å². The van der Waals surface area contributed by atoms with E-state index in [0.717, 1.165) is 25.9 Å². The van der Waals surface area contributed by atoms with Crippen molar-refractivity contribution in [3.8, 4) is 0 Å². The van der Waals surface area contributed by atoms with Gasteiger partial charge in [-0.05, 0) is 32.4 Å². The lowest BCUT2D eigenvalue weighted by atomic mass is 10.1. The molecule has 0 aromatic carbocycles.